The summed E-state index contributed by atoms with van der Waals surface area (Å²) in [6.45, 7) is 8.54. The zero-order chi connectivity index (χ0) is 14.4. The Bertz CT molecular complexity index is 404. The van der Waals surface area contributed by atoms with Crippen molar-refractivity contribution in [2.75, 3.05) is 13.2 Å². The topological polar surface area (TPSA) is 21.3 Å². The third-order valence-electron chi connectivity index (χ3n) is 4.66. The van der Waals surface area contributed by atoms with E-state index < -0.39 is 0 Å². The van der Waals surface area contributed by atoms with Crippen molar-refractivity contribution in [3.63, 3.8) is 0 Å². The molecule has 1 saturated carbocycles. The molecule has 0 saturated heterocycles. The zero-order valence-electron chi connectivity index (χ0n) is 13.2. The van der Waals surface area contributed by atoms with Gasteiger partial charge in [0.2, 0.25) is 0 Å². The molecular weight excluding hydrogens is 246 g/mol. The Labute approximate surface area is 123 Å². The number of nitrogens with one attached hydrogen (secondary N) is 1. The standard InChI is InChI=1S/C18H29NO/c1-4-20-18-12-8-7-11-17(18)15(3)19-13-16-10-6-5-9-14(16)2/h7-8,11-12,14-16,19H,4-6,9-10,13H2,1-3H3. The van der Waals surface area contributed by atoms with Crippen LogP contribution in [-0.4, -0.2) is 13.2 Å². The van der Waals surface area contributed by atoms with Gasteiger partial charge in [-0.2, -0.15) is 0 Å². The molecule has 3 atom stereocenters. The van der Waals surface area contributed by atoms with Crippen LogP contribution in [0.2, 0.25) is 0 Å². The Morgan fingerprint density at radius 2 is 2.00 bits per heavy atom. The van der Waals surface area contributed by atoms with E-state index in [2.05, 4.69) is 37.4 Å². The molecule has 1 aromatic rings. The van der Waals surface area contributed by atoms with Crippen LogP contribution in [0.25, 0.3) is 0 Å². The summed E-state index contributed by atoms with van der Waals surface area (Å²) >= 11 is 0. The molecule has 0 spiro atoms. The zero-order valence-corrected chi connectivity index (χ0v) is 13.2. The molecule has 0 radical (unpaired) electrons. The molecule has 0 aliphatic heterocycles. The Morgan fingerprint density at radius 1 is 1.25 bits per heavy atom. The molecule has 0 heterocycles. The first-order valence-corrected chi connectivity index (χ1v) is 8.17. The van der Waals surface area contributed by atoms with Crippen molar-refractivity contribution in [1.82, 2.24) is 5.32 Å². The fourth-order valence-corrected chi connectivity index (χ4v) is 3.26. The van der Waals surface area contributed by atoms with E-state index in [9.17, 15) is 0 Å². The maximum atomic E-state index is 5.73. The molecule has 0 aromatic heterocycles. The Kier molecular flexibility index (Phi) is 5.90. The van der Waals surface area contributed by atoms with E-state index in [1.54, 1.807) is 0 Å². The van der Waals surface area contributed by atoms with Gasteiger partial charge in [0.05, 0.1) is 6.61 Å². The molecular formula is C18H29NO. The Hall–Kier alpha value is -1.02. The SMILES string of the molecule is CCOc1ccccc1C(C)NCC1CCCCC1C. The third-order valence-corrected chi connectivity index (χ3v) is 4.66. The van der Waals surface area contributed by atoms with Crippen LogP contribution in [0, 0.1) is 11.8 Å². The molecule has 1 N–H and O–H groups in total. The minimum Gasteiger partial charge on any atom is -0.494 e. The monoisotopic (exact) mass is 275 g/mol. The summed E-state index contributed by atoms with van der Waals surface area (Å²) in [6, 6.07) is 8.74. The molecule has 1 aliphatic carbocycles. The largest absolute Gasteiger partial charge is 0.494 e. The van der Waals surface area contributed by atoms with Crippen LogP contribution < -0.4 is 10.1 Å². The molecule has 2 nitrogen and oxygen atoms in total. The molecule has 3 unspecified atom stereocenters. The lowest BCUT2D eigenvalue weighted by Crippen LogP contribution is -2.31. The van der Waals surface area contributed by atoms with Crippen LogP contribution in [0.4, 0.5) is 0 Å². The number of hydrogen-bond donors (Lipinski definition) is 1. The number of benzene rings is 1. The van der Waals surface area contributed by atoms with Gasteiger partial charge in [-0.05, 0) is 44.7 Å². The molecule has 20 heavy (non-hydrogen) atoms. The van der Waals surface area contributed by atoms with Gasteiger partial charge < -0.3 is 10.1 Å². The average molecular weight is 275 g/mol. The summed E-state index contributed by atoms with van der Waals surface area (Å²) in [5.41, 5.74) is 1.28. The fraction of sp³-hybridized carbons (Fsp3) is 0.667. The second kappa shape index (κ2) is 7.68. The Morgan fingerprint density at radius 3 is 2.75 bits per heavy atom. The van der Waals surface area contributed by atoms with Gasteiger partial charge in [-0.15, -0.1) is 0 Å². The van der Waals surface area contributed by atoms with E-state index in [-0.39, 0.29) is 0 Å². The third kappa shape index (κ3) is 3.99. The normalized spacial score (nSPS) is 24.4. The predicted octanol–water partition coefficient (Wildman–Crippen LogP) is 4.56. The second-order valence-corrected chi connectivity index (χ2v) is 6.12. The summed E-state index contributed by atoms with van der Waals surface area (Å²) < 4.78 is 5.73. The van der Waals surface area contributed by atoms with Gasteiger partial charge in [0.25, 0.3) is 0 Å². The van der Waals surface area contributed by atoms with Gasteiger partial charge in [-0.3, -0.25) is 0 Å². The van der Waals surface area contributed by atoms with Crippen LogP contribution >= 0.6 is 0 Å². The highest BCUT2D eigenvalue weighted by atomic mass is 16.5. The first kappa shape index (κ1) is 15.4. The van der Waals surface area contributed by atoms with Crippen LogP contribution in [0.5, 0.6) is 5.75 Å². The summed E-state index contributed by atoms with van der Waals surface area (Å²) in [5.74, 6) is 2.72. The molecule has 0 amide bonds. The molecule has 2 heteroatoms. The van der Waals surface area contributed by atoms with Crippen molar-refractivity contribution in [3.05, 3.63) is 29.8 Å². The predicted molar refractivity (Wildman–Crippen MR) is 85.2 cm³/mol. The van der Waals surface area contributed by atoms with Crippen LogP contribution in [0.3, 0.4) is 0 Å². The van der Waals surface area contributed by atoms with E-state index in [0.717, 1.165) is 30.7 Å². The highest BCUT2D eigenvalue weighted by molar-refractivity contribution is 5.35. The smallest absolute Gasteiger partial charge is 0.124 e. The number of hydrogen-bond acceptors (Lipinski definition) is 2. The van der Waals surface area contributed by atoms with E-state index in [1.165, 1.54) is 31.2 Å². The maximum absolute atomic E-state index is 5.73. The van der Waals surface area contributed by atoms with E-state index in [0.29, 0.717) is 6.04 Å². The van der Waals surface area contributed by atoms with Crippen LogP contribution in [0.15, 0.2) is 24.3 Å². The van der Waals surface area contributed by atoms with Crippen molar-refractivity contribution in [2.45, 2.75) is 52.5 Å². The van der Waals surface area contributed by atoms with Crippen molar-refractivity contribution in [2.24, 2.45) is 11.8 Å². The highest BCUT2D eigenvalue weighted by Crippen LogP contribution is 2.30. The lowest BCUT2D eigenvalue weighted by Gasteiger charge is -2.30. The molecule has 112 valence electrons. The van der Waals surface area contributed by atoms with E-state index in [1.807, 2.05) is 13.0 Å². The molecule has 1 aromatic carbocycles. The van der Waals surface area contributed by atoms with Gasteiger partial charge in [-0.1, -0.05) is 44.4 Å². The molecule has 0 bridgehead atoms. The van der Waals surface area contributed by atoms with Gasteiger partial charge in [0, 0.05) is 11.6 Å². The van der Waals surface area contributed by atoms with Crippen LogP contribution in [0.1, 0.15) is 58.1 Å². The minimum absolute atomic E-state index is 0.354. The number of para-hydroxylation sites is 1. The first-order valence-electron chi connectivity index (χ1n) is 8.17. The average Bonchev–Trinajstić information content (AvgIpc) is 2.47. The van der Waals surface area contributed by atoms with Crippen LogP contribution in [-0.2, 0) is 0 Å². The van der Waals surface area contributed by atoms with Gasteiger partial charge >= 0.3 is 0 Å². The van der Waals surface area contributed by atoms with Gasteiger partial charge in [-0.25, -0.2) is 0 Å². The lowest BCUT2D eigenvalue weighted by molar-refractivity contribution is 0.241. The van der Waals surface area contributed by atoms with Gasteiger partial charge in [0.1, 0.15) is 5.75 Å². The lowest BCUT2D eigenvalue weighted by atomic mass is 9.80. The summed E-state index contributed by atoms with van der Waals surface area (Å²) in [4.78, 5) is 0. The summed E-state index contributed by atoms with van der Waals surface area (Å²) in [5, 5.41) is 3.72. The van der Waals surface area contributed by atoms with Gasteiger partial charge in [0.15, 0.2) is 0 Å². The Balaban J connectivity index is 1.92. The van der Waals surface area contributed by atoms with Crippen molar-refractivity contribution in [3.8, 4) is 5.75 Å². The molecule has 1 aliphatic rings. The van der Waals surface area contributed by atoms with E-state index in [4.69, 9.17) is 4.74 Å². The molecule has 1 fully saturated rings. The summed E-state index contributed by atoms with van der Waals surface area (Å²) in [7, 11) is 0. The maximum Gasteiger partial charge on any atom is 0.124 e. The second-order valence-electron chi connectivity index (χ2n) is 6.12. The van der Waals surface area contributed by atoms with E-state index >= 15 is 0 Å². The quantitative estimate of drug-likeness (QED) is 0.821. The fourth-order valence-electron chi connectivity index (χ4n) is 3.26. The molecule has 2 rings (SSSR count). The summed E-state index contributed by atoms with van der Waals surface area (Å²) in [6.07, 6.45) is 5.60. The highest BCUT2D eigenvalue weighted by Gasteiger charge is 2.22. The van der Waals surface area contributed by atoms with Crippen molar-refractivity contribution < 1.29 is 4.74 Å². The minimum atomic E-state index is 0.354. The number of ether oxygens (including phenoxy) is 1. The first-order chi connectivity index (χ1) is 9.72. The van der Waals surface area contributed by atoms with Crippen molar-refractivity contribution in [1.29, 1.82) is 0 Å². The van der Waals surface area contributed by atoms with Crippen molar-refractivity contribution >= 4 is 0 Å². The number of rotatable bonds is 6.